The van der Waals surface area contributed by atoms with Gasteiger partial charge in [0, 0.05) is 25.7 Å². The lowest BCUT2D eigenvalue weighted by atomic mass is 10.1. The van der Waals surface area contributed by atoms with E-state index in [0.717, 1.165) is 42.9 Å². The summed E-state index contributed by atoms with van der Waals surface area (Å²) < 4.78 is 39.3. The van der Waals surface area contributed by atoms with Gasteiger partial charge in [-0.2, -0.15) is 13.2 Å². The molecule has 6 heteroatoms. The van der Waals surface area contributed by atoms with E-state index in [0.29, 0.717) is 6.54 Å². The molecule has 0 aliphatic heterocycles. The Morgan fingerprint density at radius 1 is 1.19 bits per heavy atom. The number of hydrogen-bond acceptors (Lipinski definition) is 2. The number of likely N-dealkylation sites (N-methyl/N-ethyl adjacent to an activating group) is 1. The van der Waals surface area contributed by atoms with Crippen molar-refractivity contribution in [3.05, 3.63) is 53.6 Å². The molecule has 2 aromatic rings. The summed E-state index contributed by atoms with van der Waals surface area (Å²) in [4.78, 5) is 4.28. The predicted molar refractivity (Wildman–Crippen MR) is 75.0 cm³/mol. The van der Waals surface area contributed by atoms with Crippen molar-refractivity contribution in [2.24, 2.45) is 0 Å². The van der Waals surface area contributed by atoms with E-state index in [-0.39, 0.29) is 0 Å². The quantitative estimate of drug-likeness (QED) is 0.830. The lowest BCUT2D eigenvalue weighted by molar-refractivity contribution is -0.137. The second kappa shape index (κ2) is 6.76. The second-order valence-corrected chi connectivity index (χ2v) is 4.84. The number of nitrogens with one attached hydrogen (secondary N) is 1. The third-order valence-corrected chi connectivity index (χ3v) is 3.14. The summed E-state index contributed by atoms with van der Waals surface area (Å²) in [5.74, 6) is 0. The minimum atomic E-state index is -4.28. The molecule has 1 heterocycles. The van der Waals surface area contributed by atoms with E-state index in [1.165, 1.54) is 12.1 Å². The lowest BCUT2D eigenvalue weighted by Gasteiger charge is -2.08. The van der Waals surface area contributed by atoms with Gasteiger partial charge in [0.15, 0.2) is 0 Å². The van der Waals surface area contributed by atoms with E-state index in [1.54, 1.807) is 6.33 Å². The van der Waals surface area contributed by atoms with Crippen molar-refractivity contribution in [1.29, 1.82) is 0 Å². The van der Waals surface area contributed by atoms with Gasteiger partial charge in [0.25, 0.3) is 0 Å². The number of imidazole rings is 1. The number of halogens is 3. The summed E-state index contributed by atoms with van der Waals surface area (Å²) in [5.41, 5.74) is 1.17. The number of aromatic nitrogens is 2. The van der Waals surface area contributed by atoms with Crippen molar-refractivity contribution in [1.82, 2.24) is 14.9 Å². The van der Waals surface area contributed by atoms with Crippen LogP contribution in [0.2, 0.25) is 0 Å². The molecule has 0 unspecified atom stereocenters. The number of rotatable bonds is 6. The molecule has 114 valence electrons. The Morgan fingerprint density at radius 2 is 1.90 bits per heavy atom. The van der Waals surface area contributed by atoms with Crippen LogP contribution < -0.4 is 5.32 Å². The first-order valence-electron chi connectivity index (χ1n) is 6.86. The maximum Gasteiger partial charge on any atom is 0.416 e. The molecule has 1 aromatic heterocycles. The average Bonchev–Trinajstić information content (AvgIpc) is 2.86. The summed E-state index contributed by atoms with van der Waals surface area (Å²) in [6, 6.07) is 5.22. The summed E-state index contributed by atoms with van der Waals surface area (Å²) in [6.45, 7) is 4.36. The fourth-order valence-corrected chi connectivity index (χ4v) is 2.03. The SMILES string of the molecule is CCNCCc1cn(Cc2ccc(C(F)(F)F)cc2)cn1. The third kappa shape index (κ3) is 4.60. The van der Waals surface area contributed by atoms with Crippen LogP contribution in [-0.4, -0.2) is 22.6 Å². The summed E-state index contributed by atoms with van der Waals surface area (Å²) in [5, 5.41) is 3.22. The van der Waals surface area contributed by atoms with Crippen molar-refractivity contribution >= 4 is 0 Å². The molecule has 21 heavy (non-hydrogen) atoms. The molecule has 0 amide bonds. The molecule has 3 nitrogen and oxygen atoms in total. The van der Waals surface area contributed by atoms with Crippen molar-refractivity contribution in [2.45, 2.75) is 26.1 Å². The van der Waals surface area contributed by atoms with Gasteiger partial charge in [0.2, 0.25) is 0 Å². The maximum atomic E-state index is 12.5. The van der Waals surface area contributed by atoms with Crippen LogP contribution >= 0.6 is 0 Å². The highest BCUT2D eigenvalue weighted by molar-refractivity contribution is 5.24. The third-order valence-electron chi connectivity index (χ3n) is 3.14. The predicted octanol–water partition coefficient (Wildman–Crippen LogP) is 3.10. The summed E-state index contributed by atoms with van der Waals surface area (Å²) in [6.07, 6.45) is 0.189. The molecule has 1 N–H and O–H groups in total. The molecule has 1 aromatic carbocycles. The van der Waals surface area contributed by atoms with Crippen LogP contribution in [-0.2, 0) is 19.1 Å². The zero-order valence-electron chi connectivity index (χ0n) is 11.8. The summed E-state index contributed by atoms with van der Waals surface area (Å²) in [7, 11) is 0. The molecule has 0 spiro atoms. The first kappa shape index (κ1) is 15.6. The monoisotopic (exact) mass is 297 g/mol. The normalized spacial score (nSPS) is 11.8. The molecular weight excluding hydrogens is 279 g/mol. The minimum absolute atomic E-state index is 0.520. The van der Waals surface area contributed by atoms with Crippen LogP contribution in [0.5, 0.6) is 0 Å². The number of alkyl halides is 3. The Kier molecular flexibility index (Phi) is 5.01. The number of nitrogens with zero attached hydrogens (tertiary/aromatic N) is 2. The van der Waals surface area contributed by atoms with Gasteiger partial charge in [-0.1, -0.05) is 19.1 Å². The highest BCUT2D eigenvalue weighted by atomic mass is 19.4. The van der Waals surface area contributed by atoms with E-state index in [4.69, 9.17) is 0 Å². The van der Waals surface area contributed by atoms with E-state index >= 15 is 0 Å². The first-order chi connectivity index (χ1) is 9.99. The fraction of sp³-hybridized carbons (Fsp3) is 0.400. The number of hydrogen-bond donors (Lipinski definition) is 1. The van der Waals surface area contributed by atoms with Crippen LogP contribution in [0.4, 0.5) is 13.2 Å². The Morgan fingerprint density at radius 3 is 2.52 bits per heavy atom. The smallest absolute Gasteiger partial charge is 0.333 e. The zero-order valence-corrected chi connectivity index (χ0v) is 11.8. The van der Waals surface area contributed by atoms with Gasteiger partial charge in [0.1, 0.15) is 0 Å². The van der Waals surface area contributed by atoms with Gasteiger partial charge in [-0.25, -0.2) is 4.98 Å². The van der Waals surface area contributed by atoms with Gasteiger partial charge in [0.05, 0.1) is 17.6 Å². The van der Waals surface area contributed by atoms with Gasteiger partial charge in [-0.05, 0) is 24.2 Å². The highest BCUT2D eigenvalue weighted by Gasteiger charge is 2.29. The van der Waals surface area contributed by atoms with E-state index in [9.17, 15) is 13.2 Å². The summed E-state index contributed by atoms with van der Waals surface area (Å²) >= 11 is 0. The van der Waals surface area contributed by atoms with Gasteiger partial charge in [-0.3, -0.25) is 0 Å². The molecule has 0 radical (unpaired) electrons. The Hall–Kier alpha value is -1.82. The molecule has 0 fully saturated rings. The largest absolute Gasteiger partial charge is 0.416 e. The topological polar surface area (TPSA) is 29.9 Å². The Labute approximate surface area is 121 Å². The van der Waals surface area contributed by atoms with Gasteiger partial charge < -0.3 is 9.88 Å². The Bertz CT molecular complexity index is 558. The van der Waals surface area contributed by atoms with Crippen molar-refractivity contribution in [3.63, 3.8) is 0 Å². The van der Waals surface area contributed by atoms with Gasteiger partial charge in [-0.15, -0.1) is 0 Å². The van der Waals surface area contributed by atoms with Crippen LogP contribution in [0.25, 0.3) is 0 Å². The van der Waals surface area contributed by atoms with Gasteiger partial charge >= 0.3 is 6.18 Å². The lowest BCUT2D eigenvalue weighted by Crippen LogP contribution is -2.16. The van der Waals surface area contributed by atoms with E-state index in [1.807, 2.05) is 17.7 Å². The molecule has 0 aliphatic carbocycles. The van der Waals surface area contributed by atoms with Crippen molar-refractivity contribution < 1.29 is 13.2 Å². The van der Waals surface area contributed by atoms with Crippen molar-refractivity contribution in [3.8, 4) is 0 Å². The molecule has 2 rings (SSSR count). The molecule has 0 atom stereocenters. The molecular formula is C15H18F3N3. The fourth-order valence-electron chi connectivity index (χ4n) is 2.03. The highest BCUT2D eigenvalue weighted by Crippen LogP contribution is 2.29. The molecule has 0 saturated carbocycles. The first-order valence-corrected chi connectivity index (χ1v) is 6.86. The molecule has 0 bridgehead atoms. The Balaban J connectivity index is 1.95. The van der Waals surface area contributed by atoms with E-state index in [2.05, 4.69) is 10.3 Å². The van der Waals surface area contributed by atoms with Crippen LogP contribution in [0.1, 0.15) is 23.7 Å². The van der Waals surface area contributed by atoms with Crippen LogP contribution in [0.3, 0.4) is 0 Å². The zero-order chi connectivity index (χ0) is 15.3. The number of benzene rings is 1. The molecule has 0 aliphatic rings. The van der Waals surface area contributed by atoms with E-state index < -0.39 is 11.7 Å². The average molecular weight is 297 g/mol. The van der Waals surface area contributed by atoms with Crippen LogP contribution in [0, 0.1) is 0 Å². The standard InChI is InChI=1S/C15H18F3N3/c1-2-19-8-7-14-10-21(11-20-14)9-12-3-5-13(6-4-12)15(16,17)18/h3-6,10-11,19H,2,7-9H2,1H3. The second-order valence-electron chi connectivity index (χ2n) is 4.84. The van der Waals surface area contributed by atoms with Crippen LogP contribution in [0.15, 0.2) is 36.8 Å². The minimum Gasteiger partial charge on any atom is -0.333 e. The van der Waals surface area contributed by atoms with Crippen molar-refractivity contribution in [2.75, 3.05) is 13.1 Å². The molecule has 0 saturated heterocycles. The maximum absolute atomic E-state index is 12.5.